The molecule has 0 aliphatic carbocycles. The summed E-state index contributed by atoms with van der Waals surface area (Å²) in [5, 5.41) is 0. The summed E-state index contributed by atoms with van der Waals surface area (Å²) in [7, 11) is 0. The van der Waals surface area contributed by atoms with Gasteiger partial charge in [-0.15, -0.1) is 0 Å². The van der Waals surface area contributed by atoms with Crippen LogP contribution in [0.5, 0.6) is 0 Å². The summed E-state index contributed by atoms with van der Waals surface area (Å²) >= 11 is 0. The molecule has 0 fully saturated rings. The predicted octanol–water partition coefficient (Wildman–Crippen LogP) is 2.93. The molecule has 0 amide bonds. The van der Waals surface area contributed by atoms with Gasteiger partial charge in [0.1, 0.15) is 5.84 Å². The molecule has 1 aromatic carbocycles. The first-order chi connectivity index (χ1) is 12.2. The quantitative estimate of drug-likeness (QED) is 0.801. The largest absolute Gasteiger partial charge is 0.463 e. The van der Waals surface area contributed by atoms with Crippen molar-refractivity contribution in [2.75, 3.05) is 6.61 Å². The number of hydrogen-bond donors (Lipinski definition) is 2. The average Bonchev–Trinajstić information content (AvgIpc) is 2.60. The van der Waals surface area contributed by atoms with Crippen molar-refractivity contribution in [2.45, 2.75) is 32.4 Å². The highest BCUT2D eigenvalue weighted by Gasteiger charge is 2.45. The Balaban J connectivity index is 2.74. The number of aliphatic imine (C=N–C) groups is 1. The van der Waals surface area contributed by atoms with Crippen LogP contribution in [0.3, 0.4) is 0 Å². The van der Waals surface area contributed by atoms with Gasteiger partial charge < -0.3 is 16.2 Å². The summed E-state index contributed by atoms with van der Waals surface area (Å²) in [6.45, 7) is 3.39. The van der Waals surface area contributed by atoms with E-state index in [2.05, 4.69) is 4.99 Å². The second-order valence-corrected chi connectivity index (χ2v) is 5.63. The summed E-state index contributed by atoms with van der Waals surface area (Å²) in [6.07, 6.45) is -3.03. The highest BCUT2D eigenvalue weighted by atomic mass is 19.4. The Hall–Kier alpha value is -2.77. The second kappa shape index (κ2) is 7.63. The van der Waals surface area contributed by atoms with Crippen molar-refractivity contribution in [2.24, 2.45) is 16.5 Å². The van der Waals surface area contributed by atoms with E-state index in [1.165, 1.54) is 6.92 Å². The zero-order valence-corrected chi connectivity index (χ0v) is 14.4. The smallest absolute Gasteiger partial charge is 0.434 e. The molecule has 1 aliphatic heterocycles. The van der Waals surface area contributed by atoms with Crippen molar-refractivity contribution in [1.29, 1.82) is 0 Å². The molecule has 0 saturated heterocycles. The van der Waals surface area contributed by atoms with Crippen LogP contribution in [0.15, 0.2) is 52.3 Å². The lowest BCUT2D eigenvalue weighted by atomic mass is 9.81. The minimum atomic E-state index is -4.87. The van der Waals surface area contributed by atoms with Crippen LogP contribution < -0.4 is 11.5 Å². The number of aryl methyl sites for hydroxylation is 1. The third kappa shape index (κ3) is 3.74. The van der Waals surface area contributed by atoms with Crippen LogP contribution in [-0.2, 0) is 16.0 Å². The van der Waals surface area contributed by atoms with Crippen molar-refractivity contribution in [1.82, 2.24) is 0 Å². The predicted molar refractivity (Wildman–Crippen MR) is 92.2 cm³/mol. The molecule has 0 radical (unpaired) electrons. The van der Waals surface area contributed by atoms with Gasteiger partial charge in [0.15, 0.2) is 5.70 Å². The zero-order chi connectivity index (χ0) is 19.5. The third-order valence-electron chi connectivity index (χ3n) is 4.05. The summed E-state index contributed by atoms with van der Waals surface area (Å²) in [6, 6.07) is 6.86. The van der Waals surface area contributed by atoms with Crippen molar-refractivity contribution >= 4 is 11.8 Å². The van der Waals surface area contributed by atoms with Gasteiger partial charge in [0, 0.05) is 17.7 Å². The SMILES string of the molecule is CCOC(=O)C1=C(C(F)(F)F)N=C(N)/C(=C\N)C1c1ccc(CC)cc1. The van der Waals surface area contributed by atoms with Crippen LogP contribution in [0, 0.1) is 0 Å². The van der Waals surface area contributed by atoms with Crippen LogP contribution in [-0.4, -0.2) is 24.6 Å². The summed E-state index contributed by atoms with van der Waals surface area (Å²) < 4.78 is 45.4. The first-order valence-corrected chi connectivity index (χ1v) is 8.08. The maximum Gasteiger partial charge on any atom is 0.434 e. The maximum atomic E-state index is 13.5. The molecule has 26 heavy (non-hydrogen) atoms. The Morgan fingerprint density at radius 2 is 1.88 bits per heavy atom. The lowest BCUT2D eigenvalue weighted by Crippen LogP contribution is -2.33. The van der Waals surface area contributed by atoms with Crippen molar-refractivity contribution in [3.05, 3.63) is 58.4 Å². The fourth-order valence-electron chi connectivity index (χ4n) is 2.80. The van der Waals surface area contributed by atoms with Gasteiger partial charge in [0.05, 0.1) is 12.2 Å². The van der Waals surface area contributed by atoms with E-state index in [0.717, 1.165) is 18.2 Å². The molecule has 1 unspecified atom stereocenters. The number of amidine groups is 1. The number of benzene rings is 1. The Morgan fingerprint density at radius 1 is 1.27 bits per heavy atom. The minimum Gasteiger partial charge on any atom is -0.463 e. The van der Waals surface area contributed by atoms with Gasteiger partial charge in [-0.1, -0.05) is 31.2 Å². The number of nitrogens with two attached hydrogens (primary N) is 2. The number of alkyl halides is 3. The number of allylic oxidation sites excluding steroid dienone is 1. The van der Waals surface area contributed by atoms with Gasteiger partial charge in [0.25, 0.3) is 0 Å². The molecule has 4 N–H and O–H groups in total. The van der Waals surface area contributed by atoms with E-state index < -0.39 is 29.3 Å². The van der Waals surface area contributed by atoms with Crippen LogP contribution in [0.1, 0.15) is 30.9 Å². The molecule has 1 aromatic rings. The van der Waals surface area contributed by atoms with Gasteiger partial charge >= 0.3 is 12.1 Å². The molecule has 2 rings (SSSR count). The number of nitrogens with zero attached hydrogens (tertiary/aromatic N) is 1. The maximum absolute atomic E-state index is 13.5. The number of carbonyl (C=O) groups is 1. The van der Waals surface area contributed by atoms with Crippen LogP contribution in [0.4, 0.5) is 13.2 Å². The van der Waals surface area contributed by atoms with Gasteiger partial charge in [-0.05, 0) is 24.5 Å². The fraction of sp³-hybridized carbons (Fsp3) is 0.333. The molecule has 0 saturated carbocycles. The van der Waals surface area contributed by atoms with Crippen molar-refractivity contribution in [3.63, 3.8) is 0 Å². The van der Waals surface area contributed by atoms with E-state index in [1.807, 2.05) is 6.92 Å². The van der Waals surface area contributed by atoms with Crippen LogP contribution >= 0.6 is 0 Å². The number of rotatable bonds is 4. The lowest BCUT2D eigenvalue weighted by molar-refractivity contribution is -0.140. The average molecular weight is 367 g/mol. The van der Waals surface area contributed by atoms with E-state index in [0.29, 0.717) is 5.56 Å². The van der Waals surface area contributed by atoms with Gasteiger partial charge in [0.2, 0.25) is 0 Å². The Morgan fingerprint density at radius 3 is 2.35 bits per heavy atom. The van der Waals surface area contributed by atoms with Crippen LogP contribution in [0.2, 0.25) is 0 Å². The molecular formula is C18H20F3N3O2. The number of carbonyl (C=O) groups excluding carboxylic acids is 1. The summed E-state index contributed by atoms with van der Waals surface area (Å²) in [4.78, 5) is 15.8. The first kappa shape index (κ1) is 19.6. The highest BCUT2D eigenvalue weighted by Crippen LogP contribution is 2.43. The topological polar surface area (TPSA) is 90.7 Å². The number of hydrogen-bond acceptors (Lipinski definition) is 5. The van der Waals surface area contributed by atoms with Crippen molar-refractivity contribution in [3.8, 4) is 0 Å². The molecule has 0 bridgehead atoms. The van der Waals surface area contributed by atoms with Crippen LogP contribution in [0.25, 0.3) is 0 Å². The Labute approximate surface area is 149 Å². The Kier molecular flexibility index (Phi) is 5.74. The second-order valence-electron chi connectivity index (χ2n) is 5.63. The number of ether oxygens (including phenoxy) is 1. The third-order valence-corrected chi connectivity index (χ3v) is 4.05. The van der Waals surface area contributed by atoms with E-state index in [9.17, 15) is 18.0 Å². The molecule has 1 aliphatic rings. The monoisotopic (exact) mass is 367 g/mol. The molecule has 140 valence electrons. The highest BCUT2D eigenvalue weighted by molar-refractivity contribution is 6.05. The standard InChI is InChI=1S/C18H20F3N3O2/c1-3-10-5-7-11(8-6-10)13-12(9-22)16(23)24-15(18(19,20)21)14(13)17(25)26-4-2/h5-9,13H,3-4,22H2,1-2H3,(H2,23,24)/b12-9-. The van der Waals surface area contributed by atoms with E-state index in [4.69, 9.17) is 16.2 Å². The van der Waals surface area contributed by atoms with E-state index in [-0.39, 0.29) is 18.0 Å². The molecule has 5 nitrogen and oxygen atoms in total. The molecule has 0 spiro atoms. The lowest BCUT2D eigenvalue weighted by Gasteiger charge is -2.28. The summed E-state index contributed by atoms with van der Waals surface area (Å²) in [5.74, 6) is -2.59. The van der Waals surface area contributed by atoms with Crippen molar-refractivity contribution < 1.29 is 22.7 Å². The Bertz CT molecular complexity index is 778. The molecular weight excluding hydrogens is 347 g/mol. The van der Waals surface area contributed by atoms with Gasteiger partial charge in [-0.2, -0.15) is 13.2 Å². The first-order valence-electron chi connectivity index (χ1n) is 8.08. The van der Waals surface area contributed by atoms with Gasteiger partial charge in [-0.3, -0.25) is 0 Å². The number of esters is 1. The fourth-order valence-corrected chi connectivity index (χ4v) is 2.80. The minimum absolute atomic E-state index is 0.0736. The number of halogens is 3. The van der Waals surface area contributed by atoms with Gasteiger partial charge in [-0.25, -0.2) is 9.79 Å². The van der Waals surface area contributed by atoms with E-state index >= 15 is 0 Å². The molecule has 8 heteroatoms. The molecule has 1 heterocycles. The molecule has 1 atom stereocenters. The molecule has 0 aromatic heterocycles. The normalized spacial score (nSPS) is 19.5. The zero-order valence-electron chi connectivity index (χ0n) is 14.4. The summed E-state index contributed by atoms with van der Waals surface area (Å²) in [5.41, 5.74) is 10.9. The van der Waals surface area contributed by atoms with E-state index in [1.54, 1.807) is 24.3 Å².